The first-order valence-corrected chi connectivity index (χ1v) is 12.0. The maximum absolute atomic E-state index is 12.7. The number of hydrogen-bond acceptors (Lipinski definition) is 6. The third-order valence-corrected chi connectivity index (χ3v) is 7.74. The van der Waals surface area contributed by atoms with Gasteiger partial charge in [0.1, 0.15) is 5.01 Å². The summed E-state index contributed by atoms with van der Waals surface area (Å²) < 4.78 is 26.9. The number of aromatic nitrogens is 2. The van der Waals surface area contributed by atoms with Gasteiger partial charge in [0, 0.05) is 30.1 Å². The van der Waals surface area contributed by atoms with Crippen LogP contribution in [0.5, 0.6) is 0 Å². The summed E-state index contributed by atoms with van der Waals surface area (Å²) >= 11 is 7.17. The van der Waals surface area contributed by atoms with Crippen molar-refractivity contribution in [2.24, 2.45) is 0 Å². The maximum atomic E-state index is 12.7. The first kappa shape index (κ1) is 20.9. The van der Waals surface area contributed by atoms with Crippen molar-refractivity contribution in [1.29, 1.82) is 0 Å². The third-order valence-electron chi connectivity index (χ3n) is 4.75. The molecule has 0 radical (unpaired) electrons. The van der Waals surface area contributed by atoms with E-state index in [1.165, 1.54) is 27.8 Å². The van der Waals surface area contributed by atoms with Crippen molar-refractivity contribution in [3.8, 4) is 0 Å². The van der Waals surface area contributed by atoms with E-state index in [1.807, 2.05) is 24.3 Å². The maximum Gasteiger partial charge on any atom is 0.257 e. The molecule has 3 aromatic rings. The number of rotatable bonds is 6. The summed E-state index contributed by atoms with van der Waals surface area (Å²) in [5, 5.41) is 12.6. The Hall–Kier alpha value is -2.33. The van der Waals surface area contributed by atoms with Gasteiger partial charge < -0.3 is 0 Å². The molecule has 0 unspecified atom stereocenters. The molecule has 30 heavy (non-hydrogen) atoms. The lowest BCUT2D eigenvalue weighted by Crippen LogP contribution is -2.28. The van der Waals surface area contributed by atoms with Crippen molar-refractivity contribution in [3.63, 3.8) is 0 Å². The van der Waals surface area contributed by atoms with Crippen LogP contribution in [-0.4, -0.2) is 41.9 Å². The minimum absolute atomic E-state index is 0.123. The summed E-state index contributed by atoms with van der Waals surface area (Å²) in [5.74, 6) is -0.428. The van der Waals surface area contributed by atoms with Crippen molar-refractivity contribution in [2.45, 2.75) is 24.2 Å². The van der Waals surface area contributed by atoms with Gasteiger partial charge in [-0.3, -0.25) is 10.1 Å². The highest BCUT2D eigenvalue weighted by Crippen LogP contribution is 2.23. The number of carbonyl (C=O) groups excluding carboxylic acids is 1. The van der Waals surface area contributed by atoms with Gasteiger partial charge in [0.25, 0.3) is 5.91 Å². The zero-order valence-electron chi connectivity index (χ0n) is 15.9. The fourth-order valence-corrected chi connectivity index (χ4v) is 5.66. The van der Waals surface area contributed by atoms with Gasteiger partial charge in [-0.05, 0) is 48.7 Å². The molecule has 1 N–H and O–H groups in total. The molecule has 1 aliphatic heterocycles. The number of sulfonamides is 1. The Morgan fingerprint density at radius 2 is 1.83 bits per heavy atom. The quantitative estimate of drug-likeness (QED) is 0.601. The van der Waals surface area contributed by atoms with E-state index in [2.05, 4.69) is 15.5 Å². The number of halogens is 1. The van der Waals surface area contributed by atoms with Gasteiger partial charge in [-0.25, -0.2) is 8.42 Å². The van der Waals surface area contributed by atoms with Gasteiger partial charge in [-0.2, -0.15) is 4.31 Å². The highest BCUT2D eigenvalue weighted by molar-refractivity contribution is 7.89. The van der Waals surface area contributed by atoms with Crippen LogP contribution in [0.2, 0.25) is 5.02 Å². The van der Waals surface area contributed by atoms with E-state index in [0.717, 1.165) is 23.4 Å². The van der Waals surface area contributed by atoms with Gasteiger partial charge >= 0.3 is 0 Å². The zero-order chi connectivity index (χ0) is 21.1. The van der Waals surface area contributed by atoms with Gasteiger partial charge in [0.2, 0.25) is 15.2 Å². The standard InChI is InChI=1S/C20H19ClN4O3S2/c21-16-8-6-14(7-9-16)12-18-23-24-20(29-18)22-19(26)15-4-3-5-17(13-15)30(27,28)25-10-1-2-11-25/h3-9,13H,1-2,10-12H2,(H,22,24,26). The van der Waals surface area contributed by atoms with Crippen LogP contribution in [0.3, 0.4) is 0 Å². The fourth-order valence-electron chi connectivity index (χ4n) is 3.20. The molecule has 7 nitrogen and oxygen atoms in total. The topological polar surface area (TPSA) is 92.3 Å². The molecule has 0 spiro atoms. The van der Waals surface area contributed by atoms with Crippen molar-refractivity contribution >= 4 is 44.0 Å². The Kier molecular flexibility index (Phi) is 6.14. The van der Waals surface area contributed by atoms with Crippen molar-refractivity contribution in [1.82, 2.24) is 14.5 Å². The van der Waals surface area contributed by atoms with Crippen molar-refractivity contribution in [3.05, 3.63) is 69.7 Å². The predicted octanol–water partition coefficient (Wildman–Crippen LogP) is 3.82. The van der Waals surface area contributed by atoms with Crippen LogP contribution >= 0.6 is 22.9 Å². The molecule has 0 bridgehead atoms. The molecular weight excluding hydrogens is 444 g/mol. The molecule has 1 saturated heterocycles. The predicted molar refractivity (Wildman–Crippen MR) is 117 cm³/mol. The molecule has 1 aromatic heterocycles. The molecular formula is C20H19ClN4O3S2. The zero-order valence-corrected chi connectivity index (χ0v) is 18.3. The Morgan fingerprint density at radius 1 is 1.10 bits per heavy atom. The van der Waals surface area contributed by atoms with E-state index in [9.17, 15) is 13.2 Å². The summed E-state index contributed by atoms with van der Waals surface area (Å²) in [5.41, 5.74) is 1.29. The van der Waals surface area contributed by atoms with Gasteiger partial charge in [-0.15, -0.1) is 10.2 Å². The monoisotopic (exact) mass is 462 g/mol. The number of anilines is 1. The number of amides is 1. The number of nitrogens with one attached hydrogen (secondary N) is 1. The van der Waals surface area contributed by atoms with Gasteiger partial charge in [0.15, 0.2) is 0 Å². The van der Waals surface area contributed by atoms with Crippen LogP contribution in [0.4, 0.5) is 5.13 Å². The van der Waals surface area contributed by atoms with Crippen LogP contribution in [0.25, 0.3) is 0 Å². The number of carbonyl (C=O) groups is 1. The van der Waals surface area contributed by atoms with E-state index in [1.54, 1.807) is 12.1 Å². The molecule has 156 valence electrons. The second kappa shape index (κ2) is 8.81. The average molecular weight is 463 g/mol. The number of nitrogens with zero attached hydrogens (tertiary/aromatic N) is 3. The SMILES string of the molecule is O=C(Nc1nnc(Cc2ccc(Cl)cc2)s1)c1cccc(S(=O)(=O)N2CCCC2)c1. The smallest absolute Gasteiger partial charge is 0.257 e. The molecule has 1 aliphatic rings. The first-order valence-electron chi connectivity index (χ1n) is 9.40. The molecule has 2 heterocycles. The van der Waals surface area contributed by atoms with Gasteiger partial charge in [0.05, 0.1) is 4.90 Å². The summed E-state index contributed by atoms with van der Waals surface area (Å²) in [4.78, 5) is 12.7. The fraction of sp³-hybridized carbons (Fsp3) is 0.250. The Balaban J connectivity index is 1.45. The van der Waals surface area contributed by atoms with Gasteiger partial charge in [-0.1, -0.05) is 41.1 Å². The lowest BCUT2D eigenvalue weighted by Gasteiger charge is -2.15. The lowest BCUT2D eigenvalue weighted by molar-refractivity contribution is 0.102. The normalized spacial score (nSPS) is 14.7. The van der Waals surface area contributed by atoms with E-state index < -0.39 is 15.9 Å². The van der Waals surface area contributed by atoms with Crippen LogP contribution in [-0.2, 0) is 16.4 Å². The van der Waals surface area contributed by atoms with Crippen LogP contribution in [0.15, 0.2) is 53.4 Å². The van der Waals surface area contributed by atoms with E-state index in [-0.39, 0.29) is 10.5 Å². The third kappa shape index (κ3) is 4.70. The summed E-state index contributed by atoms with van der Waals surface area (Å²) in [6, 6.07) is 13.5. The lowest BCUT2D eigenvalue weighted by atomic mass is 10.2. The molecule has 4 rings (SSSR count). The summed E-state index contributed by atoms with van der Waals surface area (Å²) in [6.45, 7) is 1.03. The van der Waals surface area contributed by atoms with Crippen molar-refractivity contribution in [2.75, 3.05) is 18.4 Å². The van der Waals surface area contributed by atoms with Crippen LogP contribution < -0.4 is 5.32 Å². The second-order valence-corrected chi connectivity index (χ2v) is 10.3. The van der Waals surface area contributed by atoms with Crippen molar-refractivity contribution < 1.29 is 13.2 Å². The molecule has 10 heteroatoms. The number of benzene rings is 2. The summed E-state index contributed by atoms with van der Waals surface area (Å²) in [6.07, 6.45) is 2.29. The molecule has 0 saturated carbocycles. The minimum atomic E-state index is -3.58. The molecule has 1 fully saturated rings. The number of hydrogen-bond donors (Lipinski definition) is 1. The molecule has 0 aliphatic carbocycles. The summed E-state index contributed by atoms with van der Waals surface area (Å²) in [7, 11) is -3.58. The molecule has 2 aromatic carbocycles. The highest BCUT2D eigenvalue weighted by Gasteiger charge is 2.27. The Bertz CT molecular complexity index is 1160. The molecule has 1 amide bonds. The van der Waals surface area contributed by atoms with E-state index in [4.69, 9.17) is 11.6 Å². The largest absolute Gasteiger partial charge is 0.296 e. The van der Waals surface area contributed by atoms with E-state index in [0.29, 0.717) is 29.7 Å². The highest BCUT2D eigenvalue weighted by atomic mass is 35.5. The second-order valence-electron chi connectivity index (χ2n) is 6.90. The van der Waals surface area contributed by atoms with E-state index >= 15 is 0 Å². The minimum Gasteiger partial charge on any atom is -0.296 e. The Labute approximate surface area is 183 Å². The van der Waals surface area contributed by atoms with Crippen LogP contribution in [0, 0.1) is 0 Å². The average Bonchev–Trinajstić information content (AvgIpc) is 3.43. The molecule has 0 atom stereocenters. The first-order chi connectivity index (χ1) is 14.4. The Morgan fingerprint density at radius 3 is 2.57 bits per heavy atom. The van der Waals surface area contributed by atoms with Crippen LogP contribution in [0.1, 0.15) is 33.8 Å².